The van der Waals surface area contributed by atoms with E-state index < -0.39 is 5.82 Å². The van der Waals surface area contributed by atoms with Crippen LogP contribution >= 0.6 is 11.6 Å². The van der Waals surface area contributed by atoms with E-state index in [1.807, 2.05) is 60.0 Å². The summed E-state index contributed by atoms with van der Waals surface area (Å²) in [6.07, 6.45) is 3.63. The summed E-state index contributed by atoms with van der Waals surface area (Å²) in [6, 6.07) is 14.8. The number of benzene rings is 2. The first-order chi connectivity index (χ1) is 15.0. The number of aromatic nitrogens is 1. The standard InChI is InChI=1S/C25H26ClFN2O2/c1-17-15-29(16-18-6-4-3-5-7-18)24(23(17)19-8-9-22(27)21(26)14-19)25(30)28(2)20-10-12-31-13-11-20/h3-9,14-15,20H,10-13,16H2,1-2H3. The van der Waals surface area contributed by atoms with Gasteiger partial charge in [0.1, 0.15) is 11.5 Å². The van der Waals surface area contributed by atoms with Crippen molar-refractivity contribution < 1.29 is 13.9 Å². The van der Waals surface area contributed by atoms with Crippen LogP contribution in [0.5, 0.6) is 0 Å². The number of ether oxygens (including phenoxy) is 1. The van der Waals surface area contributed by atoms with E-state index in [4.69, 9.17) is 16.3 Å². The molecule has 4 nitrogen and oxygen atoms in total. The third-order valence-corrected chi connectivity index (χ3v) is 6.22. The van der Waals surface area contributed by atoms with Gasteiger partial charge >= 0.3 is 0 Å². The molecule has 4 rings (SSSR count). The van der Waals surface area contributed by atoms with Crippen LogP contribution in [0.15, 0.2) is 54.7 Å². The van der Waals surface area contributed by atoms with Gasteiger partial charge in [-0.25, -0.2) is 4.39 Å². The van der Waals surface area contributed by atoms with Crippen LogP contribution < -0.4 is 0 Å². The van der Waals surface area contributed by atoms with Crippen molar-refractivity contribution in [1.29, 1.82) is 0 Å². The van der Waals surface area contributed by atoms with E-state index >= 15 is 0 Å². The molecule has 1 aliphatic rings. The molecule has 1 fully saturated rings. The lowest BCUT2D eigenvalue weighted by atomic mass is 10.0. The Morgan fingerprint density at radius 2 is 1.90 bits per heavy atom. The second kappa shape index (κ2) is 9.25. The van der Waals surface area contributed by atoms with Gasteiger partial charge in [-0.15, -0.1) is 0 Å². The number of rotatable bonds is 5. The van der Waals surface area contributed by atoms with E-state index in [2.05, 4.69) is 0 Å². The van der Waals surface area contributed by atoms with Gasteiger partial charge in [-0.05, 0) is 48.6 Å². The molecular weight excluding hydrogens is 415 g/mol. The average molecular weight is 441 g/mol. The molecule has 0 spiro atoms. The second-order valence-corrected chi connectivity index (χ2v) is 8.44. The first-order valence-corrected chi connectivity index (χ1v) is 10.9. The van der Waals surface area contributed by atoms with Gasteiger partial charge in [0, 0.05) is 44.6 Å². The van der Waals surface area contributed by atoms with Crippen molar-refractivity contribution in [3.8, 4) is 11.1 Å². The smallest absolute Gasteiger partial charge is 0.271 e. The second-order valence-electron chi connectivity index (χ2n) is 8.04. The Balaban J connectivity index is 1.80. The Hall–Kier alpha value is -2.63. The predicted octanol–water partition coefficient (Wildman–Crippen LogP) is 5.56. The lowest BCUT2D eigenvalue weighted by molar-refractivity contribution is 0.0357. The molecule has 2 aromatic carbocycles. The molecular formula is C25H26ClFN2O2. The highest BCUT2D eigenvalue weighted by molar-refractivity contribution is 6.31. The molecule has 0 unspecified atom stereocenters. The predicted molar refractivity (Wildman–Crippen MR) is 121 cm³/mol. The fraction of sp³-hybridized carbons (Fsp3) is 0.320. The molecule has 2 heterocycles. The summed E-state index contributed by atoms with van der Waals surface area (Å²) >= 11 is 6.08. The number of aryl methyl sites for hydroxylation is 1. The van der Waals surface area contributed by atoms with Crippen molar-refractivity contribution in [3.05, 3.63) is 82.4 Å². The van der Waals surface area contributed by atoms with Gasteiger partial charge in [0.25, 0.3) is 5.91 Å². The Morgan fingerprint density at radius 1 is 1.19 bits per heavy atom. The highest BCUT2D eigenvalue weighted by Gasteiger charge is 2.29. The quantitative estimate of drug-likeness (QED) is 0.521. The minimum absolute atomic E-state index is 0.0453. The van der Waals surface area contributed by atoms with Crippen molar-refractivity contribution in [3.63, 3.8) is 0 Å². The molecule has 1 aliphatic heterocycles. The number of amides is 1. The van der Waals surface area contributed by atoms with Crippen LogP contribution in [0.2, 0.25) is 5.02 Å². The van der Waals surface area contributed by atoms with Crippen molar-refractivity contribution in [2.24, 2.45) is 0 Å². The van der Waals surface area contributed by atoms with Crippen LogP contribution in [0, 0.1) is 12.7 Å². The van der Waals surface area contributed by atoms with E-state index in [0.717, 1.165) is 35.1 Å². The third-order valence-electron chi connectivity index (χ3n) is 5.93. The van der Waals surface area contributed by atoms with E-state index in [1.165, 1.54) is 6.07 Å². The minimum Gasteiger partial charge on any atom is -0.381 e. The Morgan fingerprint density at radius 3 is 2.58 bits per heavy atom. The highest BCUT2D eigenvalue weighted by atomic mass is 35.5. The average Bonchev–Trinajstić information content (AvgIpc) is 3.11. The molecule has 0 N–H and O–H groups in total. The van der Waals surface area contributed by atoms with Crippen LogP contribution in [0.1, 0.15) is 34.5 Å². The molecule has 1 saturated heterocycles. The molecule has 0 bridgehead atoms. The SMILES string of the molecule is Cc1cn(Cc2ccccc2)c(C(=O)N(C)C2CCOCC2)c1-c1ccc(F)c(Cl)c1. The lowest BCUT2D eigenvalue weighted by Gasteiger charge is -2.32. The molecule has 0 radical (unpaired) electrons. The molecule has 3 aromatic rings. The Labute approximate surface area is 187 Å². The van der Waals surface area contributed by atoms with Crippen LogP contribution in [-0.2, 0) is 11.3 Å². The normalized spacial score (nSPS) is 14.6. The summed E-state index contributed by atoms with van der Waals surface area (Å²) in [5.74, 6) is -0.523. The lowest BCUT2D eigenvalue weighted by Crippen LogP contribution is -2.41. The summed E-state index contributed by atoms with van der Waals surface area (Å²) in [4.78, 5) is 15.6. The summed E-state index contributed by atoms with van der Waals surface area (Å²) in [6.45, 7) is 3.86. The Bertz CT molecular complexity index is 1070. The van der Waals surface area contributed by atoms with E-state index in [9.17, 15) is 9.18 Å². The fourth-order valence-corrected chi connectivity index (χ4v) is 4.43. The molecule has 6 heteroatoms. The molecule has 0 saturated carbocycles. The van der Waals surface area contributed by atoms with Gasteiger partial charge in [-0.3, -0.25) is 4.79 Å². The summed E-state index contributed by atoms with van der Waals surface area (Å²) < 4.78 is 21.3. The molecule has 31 heavy (non-hydrogen) atoms. The summed E-state index contributed by atoms with van der Waals surface area (Å²) in [7, 11) is 1.86. The van der Waals surface area contributed by atoms with Crippen molar-refractivity contribution in [2.45, 2.75) is 32.4 Å². The monoisotopic (exact) mass is 440 g/mol. The topological polar surface area (TPSA) is 34.5 Å². The van der Waals surface area contributed by atoms with Gasteiger partial charge in [-0.2, -0.15) is 0 Å². The van der Waals surface area contributed by atoms with E-state index in [0.29, 0.717) is 25.5 Å². The number of halogens is 2. The summed E-state index contributed by atoms with van der Waals surface area (Å²) in [5.41, 5.74) is 4.17. The van der Waals surface area contributed by atoms with Crippen molar-refractivity contribution >= 4 is 17.5 Å². The largest absolute Gasteiger partial charge is 0.381 e. The van der Waals surface area contributed by atoms with Gasteiger partial charge < -0.3 is 14.2 Å². The minimum atomic E-state index is -0.473. The number of hydrogen-bond acceptors (Lipinski definition) is 2. The molecule has 0 aliphatic carbocycles. The van der Waals surface area contributed by atoms with Crippen molar-refractivity contribution in [2.75, 3.05) is 20.3 Å². The van der Waals surface area contributed by atoms with Gasteiger partial charge in [0.2, 0.25) is 0 Å². The number of carbonyl (C=O) groups is 1. The van der Waals surface area contributed by atoms with Crippen LogP contribution in [-0.4, -0.2) is 41.7 Å². The van der Waals surface area contributed by atoms with E-state index in [-0.39, 0.29) is 17.0 Å². The maximum absolute atomic E-state index is 13.8. The zero-order valence-electron chi connectivity index (χ0n) is 17.8. The van der Waals surface area contributed by atoms with Crippen molar-refractivity contribution in [1.82, 2.24) is 9.47 Å². The highest BCUT2D eigenvalue weighted by Crippen LogP contribution is 2.33. The van der Waals surface area contributed by atoms with Crippen LogP contribution in [0.25, 0.3) is 11.1 Å². The molecule has 1 amide bonds. The Kier molecular flexibility index (Phi) is 6.44. The van der Waals surface area contributed by atoms with Crippen LogP contribution in [0.4, 0.5) is 4.39 Å². The van der Waals surface area contributed by atoms with Gasteiger partial charge in [0.15, 0.2) is 0 Å². The zero-order valence-corrected chi connectivity index (χ0v) is 18.5. The third kappa shape index (κ3) is 4.53. The molecule has 0 atom stereocenters. The fourth-order valence-electron chi connectivity index (χ4n) is 4.25. The first-order valence-electron chi connectivity index (χ1n) is 10.5. The number of nitrogens with zero attached hydrogens (tertiary/aromatic N) is 2. The summed E-state index contributed by atoms with van der Waals surface area (Å²) in [5, 5.41) is 0.0453. The first kappa shape index (κ1) is 21.6. The molecule has 1 aromatic heterocycles. The number of carbonyl (C=O) groups excluding carboxylic acids is 1. The van der Waals surface area contributed by atoms with Gasteiger partial charge in [-0.1, -0.05) is 48.0 Å². The number of hydrogen-bond donors (Lipinski definition) is 0. The zero-order chi connectivity index (χ0) is 22.0. The maximum Gasteiger partial charge on any atom is 0.271 e. The molecule has 162 valence electrons. The van der Waals surface area contributed by atoms with Crippen LogP contribution in [0.3, 0.4) is 0 Å². The maximum atomic E-state index is 13.8. The van der Waals surface area contributed by atoms with Gasteiger partial charge in [0.05, 0.1) is 5.02 Å². The van der Waals surface area contributed by atoms with E-state index in [1.54, 1.807) is 12.1 Å².